The predicted octanol–water partition coefficient (Wildman–Crippen LogP) is 5.12. The highest BCUT2D eigenvalue weighted by Gasteiger charge is 2.62. The first-order valence-electron chi connectivity index (χ1n) is 8.32. The Labute approximate surface area is 138 Å². The second kappa shape index (κ2) is 5.94. The van der Waals surface area contributed by atoms with Crippen LogP contribution in [0.25, 0.3) is 0 Å². The summed E-state index contributed by atoms with van der Waals surface area (Å²) in [7, 11) is -4.81. The Bertz CT molecular complexity index is 424. The standard InChI is InChI=1S/C17H36Si4/c1-18(16-14-12-11-13-15-16)17(19(2,3)4,20(5,6)7)21(8,9)10/h11-15,18H,1-10H3. The zero-order valence-electron chi connectivity index (χ0n) is 16.0. The molecule has 0 heterocycles. The van der Waals surface area contributed by atoms with E-state index in [4.69, 9.17) is 0 Å². The molecule has 0 fully saturated rings. The summed E-state index contributed by atoms with van der Waals surface area (Å²) in [5, 5.41) is 1.70. The first-order chi connectivity index (χ1) is 9.27. The molecule has 0 aliphatic heterocycles. The van der Waals surface area contributed by atoms with Gasteiger partial charge in [-0.3, -0.25) is 0 Å². The number of hydrogen-bond donors (Lipinski definition) is 0. The highest BCUT2D eigenvalue weighted by atomic mass is 28.5. The maximum absolute atomic E-state index is 2.67. The summed E-state index contributed by atoms with van der Waals surface area (Å²) in [5.74, 6) is 0. The highest BCUT2D eigenvalue weighted by molar-refractivity contribution is 7.27. The normalized spacial score (nSPS) is 15.9. The van der Waals surface area contributed by atoms with Crippen LogP contribution in [0.3, 0.4) is 0 Å². The van der Waals surface area contributed by atoms with Crippen molar-refractivity contribution < 1.29 is 0 Å². The molecule has 0 bridgehead atoms. The summed E-state index contributed by atoms with van der Waals surface area (Å²) in [5.41, 5.74) is 0. The predicted molar refractivity (Wildman–Crippen MR) is 112 cm³/mol. The Morgan fingerprint density at radius 1 is 0.667 bits per heavy atom. The average molecular weight is 353 g/mol. The van der Waals surface area contributed by atoms with Crippen molar-refractivity contribution in [1.29, 1.82) is 0 Å². The van der Waals surface area contributed by atoms with E-state index in [1.165, 1.54) is 0 Å². The Hall–Kier alpha value is 0.0875. The van der Waals surface area contributed by atoms with E-state index in [2.05, 4.69) is 95.8 Å². The summed E-state index contributed by atoms with van der Waals surface area (Å²) in [6.07, 6.45) is 0. The quantitative estimate of drug-likeness (QED) is 0.645. The van der Waals surface area contributed by atoms with Crippen molar-refractivity contribution in [2.75, 3.05) is 0 Å². The van der Waals surface area contributed by atoms with Crippen molar-refractivity contribution in [3.63, 3.8) is 0 Å². The van der Waals surface area contributed by atoms with Gasteiger partial charge in [-0.1, -0.05) is 101 Å². The van der Waals surface area contributed by atoms with Crippen LogP contribution in [0, 0.1) is 0 Å². The molecule has 21 heavy (non-hydrogen) atoms. The molecule has 1 atom stereocenters. The molecule has 0 spiro atoms. The Morgan fingerprint density at radius 3 is 1.29 bits per heavy atom. The second-order valence-corrected chi connectivity index (χ2v) is 31.8. The lowest BCUT2D eigenvalue weighted by Crippen LogP contribution is -2.73. The lowest BCUT2D eigenvalue weighted by Gasteiger charge is -2.62. The molecule has 0 aliphatic rings. The monoisotopic (exact) mass is 352 g/mol. The zero-order valence-corrected chi connectivity index (χ0v) is 20.1. The lowest BCUT2D eigenvalue weighted by molar-refractivity contribution is 1.21. The molecule has 0 aliphatic carbocycles. The number of hydrogen-bond acceptors (Lipinski definition) is 0. The molecule has 0 saturated carbocycles. The smallest absolute Gasteiger partial charge is 0.0661 e. The fraction of sp³-hybridized carbons (Fsp3) is 0.647. The largest absolute Gasteiger partial charge is 0.0698 e. The summed E-state index contributed by atoms with van der Waals surface area (Å²) in [4.78, 5) is 0. The molecule has 0 saturated heterocycles. The fourth-order valence-electron chi connectivity index (χ4n) is 6.32. The molecule has 0 N–H and O–H groups in total. The van der Waals surface area contributed by atoms with Gasteiger partial charge in [-0.2, -0.15) is 0 Å². The van der Waals surface area contributed by atoms with E-state index in [9.17, 15) is 0 Å². The number of benzene rings is 1. The molecule has 4 heteroatoms. The minimum Gasteiger partial charge on any atom is -0.0698 e. The highest BCUT2D eigenvalue weighted by Crippen LogP contribution is 2.55. The first-order valence-corrected chi connectivity index (χ1v) is 21.1. The maximum atomic E-state index is 2.67. The maximum Gasteiger partial charge on any atom is 0.0661 e. The molecule has 1 unspecified atom stereocenters. The minimum atomic E-state index is -1.27. The van der Waals surface area contributed by atoms with Crippen molar-refractivity contribution in [3.8, 4) is 0 Å². The van der Waals surface area contributed by atoms with Gasteiger partial charge in [-0.25, -0.2) is 0 Å². The van der Waals surface area contributed by atoms with Gasteiger partial charge in [0.05, 0.1) is 8.80 Å². The topological polar surface area (TPSA) is 0 Å². The average Bonchev–Trinajstić information content (AvgIpc) is 2.24. The van der Waals surface area contributed by atoms with Crippen LogP contribution in [0.5, 0.6) is 0 Å². The van der Waals surface area contributed by atoms with Crippen LogP contribution in [-0.4, -0.2) is 33.0 Å². The second-order valence-electron chi connectivity index (χ2n) is 9.69. The van der Waals surface area contributed by atoms with Crippen molar-refractivity contribution in [2.24, 2.45) is 0 Å². The fourth-order valence-corrected chi connectivity index (χ4v) is 51.7. The van der Waals surface area contributed by atoms with E-state index in [0.29, 0.717) is 0 Å². The van der Waals surface area contributed by atoms with Gasteiger partial charge in [-0.15, -0.1) is 0 Å². The molecule has 1 aromatic carbocycles. The first kappa shape index (κ1) is 19.1. The molecular formula is C17H36Si4. The summed E-state index contributed by atoms with van der Waals surface area (Å²) < 4.78 is 0.731. The van der Waals surface area contributed by atoms with Crippen LogP contribution in [0.1, 0.15) is 0 Å². The van der Waals surface area contributed by atoms with Crippen LogP contribution < -0.4 is 5.19 Å². The van der Waals surface area contributed by atoms with Gasteiger partial charge in [0, 0.05) is 24.2 Å². The van der Waals surface area contributed by atoms with Crippen LogP contribution in [0.15, 0.2) is 30.3 Å². The third kappa shape index (κ3) is 3.23. The van der Waals surface area contributed by atoms with E-state index in [0.717, 1.165) is 3.91 Å². The molecule has 0 nitrogen and oxygen atoms in total. The van der Waals surface area contributed by atoms with Crippen LogP contribution in [-0.2, 0) is 0 Å². The molecular weight excluding hydrogens is 317 g/mol. The van der Waals surface area contributed by atoms with Gasteiger partial charge in [0.15, 0.2) is 0 Å². The van der Waals surface area contributed by atoms with Gasteiger partial charge in [0.25, 0.3) is 0 Å². The van der Waals surface area contributed by atoms with Gasteiger partial charge < -0.3 is 0 Å². The van der Waals surface area contributed by atoms with Crippen molar-refractivity contribution in [2.45, 2.75) is 69.4 Å². The van der Waals surface area contributed by atoms with Gasteiger partial charge >= 0.3 is 0 Å². The summed E-state index contributed by atoms with van der Waals surface area (Å²) in [6, 6.07) is 11.5. The van der Waals surface area contributed by atoms with Gasteiger partial charge in [0.1, 0.15) is 0 Å². The zero-order chi connectivity index (χ0) is 16.7. The lowest BCUT2D eigenvalue weighted by atomic mass is 10.4. The van der Waals surface area contributed by atoms with Crippen molar-refractivity contribution in [1.82, 2.24) is 0 Å². The van der Waals surface area contributed by atoms with E-state index in [1.54, 1.807) is 5.19 Å². The van der Waals surface area contributed by atoms with E-state index in [1.807, 2.05) is 0 Å². The van der Waals surface area contributed by atoms with Gasteiger partial charge in [-0.05, 0) is 3.91 Å². The molecule has 1 aromatic rings. The van der Waals surface area contributed by atoms with Crippen molar-refractivity contribution >= 4 is 38.2 Å². The van der Waals surface area contributed by atoms with E-state index >= 15 is 0 Å². The SMILES string of the molecule is C[SiH](c1ccccc1)C([Si](C)(C)C)([Si](C)(C)C)[Si](C)(C)C. The molecule has 0 amide bonds. The Balaban J connectivity index is 3.67. The Morgan fingerprint density at radius 2 is 1.00 bits per heavy atom. The molecule has 0 aromatic heterocycles. The minimum absolute atomic E-state index is 0.731. The van der Waals surface area contributed by atoms with Gasteiger partial charge in [0.2, 0.25) is 0 Å². The summed E-state index contributed by atoms with van der Waals surface area (Å²) >= 11 is 0. The Kier molecular flexibility index (Phi) is 5.42. The summed E-state index contributed by atoms with van der Waals surface area (Å²) in [6.45, 7) is 26.6. The van der Waals surface area contributed by atoms with E-state index in [-0.39, 0.29) is 0 Å². The number of rotatable bonds is 5. The van der Waals surface area contributed by atoms with Crippen LogP contribution in [0.4, 0.5) is 0 Å². The third-order valence-electron chi connectivity index (χ3n) is 5.50. The van der Waals surface area contributed by atoms with Crippen LogP contribution >= 0.6 is 0 Å². The third-order valence-corrected chi connectivity index (χ3v) is 40.5. The molecule has 120 valence electrons. The molecule has 1 rings (SSSR count). The van der Waals surface area contributed by atoms with E-state index < -0.39 is 33.0 Å². The van der Waals surface area contributed by atoms with Crippen molar-refractivity contribution in [3.05, 3.63) is 30.3 Å². The van der Waals surface area contributed by atoms with Crippen LogP contribution in [0.2, 0.25) is 69.4 Å². The molecule has 0 radical (unpaired) electrons.